The lowest BCUT2D eigenvalue weighted by molar-refractivity contribution is 1.01. The summed E-state index contributed by atoms with van der Waals surface area (Å²) in [5, 5.41) is 3.48. The third kappa shape index (κ3) is 4.13. The molecule has 0 saturated carbocycles. The predicted octanol–water partition coefficient (Wildman–Crippen LogP) is 4.88. The molecule has 20 heavy (non-hydrogen) atoms. The van der Waals surface area contributed by atoms with Gasteiger partial charge in [-0.3, -0.25) is 0 Å². The lowest BCUT2D eigenvalue weighted by atomic mass is 10.1. The normalized spacial score (nSPS) is 27.1. The molecule has 2 rings (SSSR count). The molecule has 0 fully saturated rings. The van der Waals surface area contributed by atoms with Crippen molar-refractivity contribution in [3.8, 4) is 0 Å². The maximum Gasteiger partial charge on any atom is 0.0413 e. The maximum atomic E-state index is 3.48. The highest BCUT2D eigenvalue weighted by molar-refractivity contribution is 5.43. The first-order valence-corrected chi connectivity index (χ1v) is 6.89. The summed E-state index contributed by atoms with van der Waals surface area (Å²) in [6.07, 6.45) is 23.1. The fourth-order valence-electron chi connectivity index (χ4n) is 1.93. The van der Waals surface area contributed by atoms with Gasteiger partial charge in [-0.25, -0.2) is 0 Å². The molecule has 2 aliphatic carbocycles. The summed E-state index contributed by atoms with van der Waals surface area (Å²) in [6, 6.07) is 0. The predicted molar refractivity (Wildman–Crippen MR) is 88.0 cm³/mol. The first-order valence-electron chi connectivity index (χ1n) is 6.89. The van der Waals surface area contributed by atoms with Crippen LogP contribution in [-0.2, 0) is 0 Å². The molecule has 102 valence electrons. The van der Waals surface area contributed by atoms with E-state index in [-0.39, 0.29) is 0 Å². The van der Waals surface area contributed by atoms with Crippen molar-refractivity contribution in [2.24, 2.45) is 0 Å². The quantitative estimate of drug-likeness (QED) is 0.748. The molecule has 0 bridgehead atoms. The second-order valence-electron chi connectivity index (χ2n) is 5.08. The Morgan fingerprint density at radius 1 is 0.650 bits per heavy atom. The van der Waals surface area contributed by atoms with Gasteiger partial charge in [-0.2, -0.15) is 0 Å². The average Bonchev–Trinajstić information content (AvgIpc) is 2.39. The smallest absolute Gasteiger partial charge is 0.0413 e. The molecule has 0 aromatic rings. The average molecular weight is 263 g/mol. The van der Waals surface area contributed by atoms with E-state index in [1.54, 1.807) is 0 Å². The number of rotatable bonds is 2. The molecule has 1 N–H and O–H groups in total. The van der Waals surface area contributed by atoms with E-state index >= 15 is 0 Å². The molecular formula is C19H21N. The van der Waals surface area contributed by atoms with Crippen LogP contribution in [-0.4, -0.2) is 0 Å². The maximum absolute atomic E-state index is 3.48. The summed E-state index contributed by atoms with van der Waals surface area (Å²) in [5.74, 6) is 0. The van der Waals surface area contributed by atoms with Crippen LogP contribution < -0.4 is 5.32 Å². The lowest BCUT2D eigenvalue weighted by Gasteiger charge is -2.13. The van der Waals surface area contributed by atoms with E-state index in [0.29, 0.717) is 0 Å². The Bertz CT molecular complexity index is 614. The Hall–Kier alpha value is -2.28. The van der Waals surface area contributed by atoms with E-state index in [0.717, 1.165) is 11.4 Å². The van der Waals surface area contributed by atoms with Crippen LogP contribution in [0.5, 0.6) is 0 Å². The topological polar surface area (TPSA) is 12.0 Å². The van der Waals surface area contributed by atoms with Crippen LogP contribution in [0.15, 0.2) is 94.9 Å². The van der Waals surface area contributed by atoms with Crippen LogP contribution >= 0.6 is 0 Å². The minimum atomic E-state index is 1.08. The third-order valence-electron chi connectivity index (χ3n) is 3.19. The zero-order valence-corrected chi connectivity index (χ0v) is 12.4. The second-order valence-corrected chi connectivity index (χ2v) is 5.08. The third-order valence-corrected chi connectivity index (χ3v) is 3.19. The molecule has 0 unspecified atom stereocenters. The molecular weight excluding hydrogens is 242 g/mol. The number of hydrogen-bond donors (Lipinski definition) is 1. The van der Waals surface area contributed by atoms with Crippen LogP contribution in [0, 0.1) is 0 Å². The van der Waals surface area contributed by atoms with E-state index in [2.05, 4.69) is 92.9 Å². The van der Waals surface area contributed by atoms with Crippen molar-refractivity contribution < 1.29 is 0 Å². The minimum Gasteiger partial charge on any atom is -0.355 e. The largest absolute Gasteiger partial charge is 0.355 e. The van der Waals surface area contributed by atoms with Gasteiger partial charge < -0.3 is 5.32 Å². The van der Waals surface area contributed by atoms with Gasteiger partial charge in [0.15, 0.2) is 0 Å². The summed E-state index contributed by atoms with van der Waals surface area (Å²) >= 11 is 0. The first kappa shape index (κ1) is 14.1. The molecule has 2 aliphatic rings. The van der Waals surface area contributed by atoms with Crippen molar-refractivity contribution in [2.45, 2.75) is 20.8 Å². The molecule has 0 spiro atoms. The van der Waals surface area contributed by atoms with Crippen molar-refractivity contribution in [2.75, 3.05) is 0 Å². The minimum absolute atomic E-state index is 1.08. The Kier molecular flexibility index (Phi) is 4.78. The van der Waals surface area contributed by atoms with Gasteiger partial charge in [0.05, 0.1) is 0 Å². The van der Waals surface area contributed by atoms with Crippen LogP contribution in [0.25, 0.3) is 0 Å². The molecule has 0 aromatic carbocycles. The Labute approximate surface area is 121 Å². The monoisotopic (exact) mass is 263 g/mol. The van der Waals surface area contributed by atoms with Gasteiger partial charge in [0, 0.05) is 11.4 Å². The van der Waals surface area contributed by atoms with Gasteiger partial charge in [0.2, 0.25) is 0 Å². The van der Waals surface area contributed by atoms with E-state index < -0.39 is 0 Å². The Balaban J connectivity index is 2.18. The molecule has 1 nitrogen and oxygen atoms in total. The number of allylic oxidation sites excluding steroid dienone is 14. The second kappa shape index (κ2) is 6.76. The van der Waals surface area contributed by atoms with Gasteiger partial charge in [-0.05, 0) is 44.6 Å². The molecule has 0 atom stereocenters. The summed E-state index contributed by atoms with van der Waals surface area (Å²) in [5.41, 5.74) is 5.93. The molecule has 0 amide bonds. The fraction of sp³-hybridized carbons (Fsp3) is 0.158. The highest BCUT2D eigenvalue weighted by Gasteiger charge is 2.01. The summed E-state index contributed by atoms with van der Waals surface area (Å²) in [4.78, 5) is 0. The molecule has 0 aromatic heterocycles. The van der Waals surface area contributed by atoms with Gasteiger partial charge in [-0.1, -0.05) is 59.8 Å². The van der Waals surface area contributed by atoms with E-state index in [1.165, 1.54) is 16.7 Å². The van der Waals surface area contributed by atoms with E-state index in [9.17, 15) is 0 Å². The van der Waals surface area contributed by atoms with Crippen LogP contribution in [0.3, 0.4) is 0 Å². The molecule has 0 radical (unpaired) electrons. The Morgan fingerprint density at radius 2 is 1.30 bits per heavy atom. The zero-order chi connectivity index (χ0) is 14.4. The fourth-order valence-corrected chi connectivity index (χ4v) is 1.93. The standard InChI is InChI=1S/C19H21N/c1-15-7-4-10-18(11-5-8-15)20-19-12-6-9-16(2)13-14-17(19)3/h4-14,20H,1-3H3/b7-4?,8-5?,9-6-,10-4-,11-5?,12-6?,14-13?,15-7?,15-8?,16-9?,16-13-,17-14?,18-10?,18-11+,19-12?,19-17?. The molecule has 0 heterocycles. The van der Waals surface area contributed by atoms with Crippen molar-refractivity contribution >= 4 is 0 Å². The Morgan fingerprint density at radius 3 is 2.10 bits per heavy atom. The van der Waals surface area contributed by atoms with Crippen molar-refractivity contribution in [1.82, 2.24) is 5.32 Å². The SMILES string of the molecule is CC1=C/C=C\C(NC2=C/C=C\C(C)=C/C=C2C)=C/C=C1. The highest BCUT2D eigenvalue weighted by Crippen LogP contribution is 2.14. The number of nitrogens with one attached hydrogen (secondary N) is 1. The van der Waals surface area contributed by atoms with Crippen molar-refractivity contribution in [1.29, 1.82) is 0 Å². The van der Waals surface area contributed by atoms with E-state index in [1.807, 2.05) is 0 Å². The van der Waals surface area contributed by atoms with E-state index in [4.69, 9.17) is 0 Å². The summed E-state index contributed by atoms with van der Waals surface area (Å²) < 4.78 is 0. The summed E-state index contributed by atoms with van der Waals surface area (Å²) in [7, 11) is 0. The molecule has 0 saturated heterocycles. The van der Waals surface area contributed by atoms with Gasteiger partial charge >= 0.3 is 0 Å². The van der Waals surface area contributed by atoms with Gasteiger partial charge in [0.1, 0.15) is 0 Å². The zero-order valence-electron chi connectivity index (χ0n) is 12.4. The summed E-state index contributed by atoms with van der Waals surface area (Å²) in [6.45, 7) is 6.32. The molecule has 0 aliphatic heterocycles. The van der Waals surface area contributed by atoms with Crippen molar-refractivity contribution in [3.05, 3.63) is 94.9 Å². The lowest BCUT2D eigenvalue weighted by Crippen LogP contribution is -2.12. The van der Waals surface area contributed by atoms with Crippen LogP contribution in [0.4, 0.5) is 0 Å². The van der Waals surface area contributed by atoms with Crippen LogP contribution in [0.2, 0.25) is 0 Å². The molecule has 1 heteroatoms. The van der Waals surface area contributed by atoms with Gasteiger partial charge in [-0.15, -0.1) is 0 Å². The first-order chi connectivity index (χ1) is 9.65. The number of hydrogen-bond acceptors (Lipinski definition) is 1. The van der Waals surface area contributed by atoms with Crippen LogP contribution in [0.1, 0.15) is 20.8 Å². The highest BCUT2D eigenvalue weighted by atomic mass is 14.9. The van der Waals surface area contributed by atoms with Gasteiger partial charge in [0.25, 0.3) is 0 Å². The van der Waals surface area contributed by atoms with Crippen molar-refractivity contribution in [3.63, 3.8) is 0 Å².